The van der Waals surface area contributed by atoms with Gasteiger partial charge in [-0.25, -0.2) is 15.8 Å². The highest BCUT2D eigenvalue weighted by Gasteiger charge is 2.59. The zero-order valence-corrected chi connectivity index (χ0v) is 82.8. The summed E-state index contributed by atoms with van der Waals surface area (Å²) in [6.07, 6.45) is 9.24. The Bertz CT molecular complexity index is 5710. The summed E-state index contributed by atoms with van der Waals surface area (Å²) >= 11 is 0. The molecule has 12 rings (SSSR count). The van der Waals surface area contributed by atoms with Crippen molar-refractivity contribution in [2.75, 3.05) is 66.3 Å². The quantitative estimate of drug-likeness (QED) is 0.00957. The number of amides is 6. The zero-order chi connectivity index (χ0) is 99.1. The predicted molar refractivity (Wildman–Crippen MR) is 512 cm³/mol. The molecule has 27 nitrogen and oxygen atoms in total. The zero-order valence-electron chi connectivity index (χ0n) is 77.1. The van der Waals surface area contributed by atoms with Crippen molar-refractivity contribution in [1.82, 2.24) is 10.2 Å². The summed E-state index contributed by atoms with van der Waals surface area (Å²) in [5.41, 5.74) is -6.74. The Hall–Kier alpha value is -9.21. The number of hydrogen-bond donors (Lipinski definition) is 4. The molecule has 9 unspecified atom stereocenters. The van der Waals surface area contributed by atoms with Crippen LogP contribution in [0.2, 0.25) is 0 Å². The number of carbonyl (C=O) groups excluding carboxylic acids is 9. The van der Waals surface area contributed by atoms with Crippen molar-refractivity contribution in [3.63, 3.8) is 0 Å². The average Bonchev–Trinajstić information content (AvgIpc) is 1.54. The highest BCUT2D eigenvalue weighted by Crippen LogP contribution is 2.71. The molecule has 5 heterocycles. The first-order chi connectivity index (χ1) is 63.7. The molecule has 726 valence electrons. The minimum Gasteiger partial charge on any atom is -0.344 e. The summed E-state index contributed by atoms with van der Waals surface area (Å²) in [6.45, 7) is 21.8. The summed E-state index contributed by atoms with van der Waals surface area (Å²) in [5.74, 6) is -4.49. The number of allylic oxidation sites excluding steroid dienone is 6. The number of para-hydroxylation sites is 4. The Morgan fingerprint density at radius 1 is 0.504 bits per heavy atom. The van der Waals surface area contributed by atoms with Gasteiger partial charge in [0, 0.05) is 124 Å². The molecule has 4 N–H and O–H groups in total. The van der Waals surface area contributed by atoms with E-state index in [0.29, 0.717) is 97.3 Å². The third-order valence-electron chi connectivity index (χ3n) is 24.5. The van der Waals surface area contributed by atoms with Gasteiger partial charge in [-0.3, -0.25) is 74.7 Å². The number of ketones is 3. The van der Waals surface area contributed by atoms with E-state index in [1.54, 1.807) is 52.3 Å². The van der Waals surface area contributed by atoms with E-state index in [1.807, 2.05) is 145 Å². The minimum atomic E-state index is -5.17. The number of carbonyl (C=O) groups is 9. The largest absolute Gasteiger partial charge is 0.433 e. The van der Waals surface area contributed by atoms with E-state index in [4.69, 9.17) is 15.8 Å². The number of alkyl halides is 6. The first kappa shape index (κ1) is 108. The van der Waals surface area contributed by atoms with Crippen molar-refractivity contribution in [3.05, 3.63) is 244 Å². The molecule has 39 heteroatoms. The van der Waals surface area contributed by atoms with Gasteiger partial charge in [-0.2, -0.15) is 26.3 Å². The Kier molecular flexibility index (Phi) is 36.8. The maximum absolute atomic E-state index is 14.8. The van der Waals surface area contributed by atoms with E-state index in [-0.39, 0.29) is 72.1 Å². The summed E-state index contributed by atoms with van der Waals surface area (Å²) in [7, 11) is -15.6. The molecule has 0 saturated carbocycles. The van der Waals surface area contributed by atoms with Gasteiger partial charge in [0.15, 0.2) is 17.3 Å². The fourth-order valence-corrected chi connectivity index (χ4v) is 23.4. The highest BCUT2D eigenvalue weighted by molar-refractivity contribution is 7.61. The van der Waals surface area contributed by atoms with Crippen LogP contribution in [0.3, 0.4) is 0 Å². The molecule has 5 aliphatic rings. The van der Waals surface area contributed by atoms with Crippen LogP contribution in [0.1, 0.15) is 170 Å². The van der Waals surface area contributed by atoms with Crippen molar-refractivity contribution in [3.8, 4) is 0 Å². The summed E-state index contributed by atoms with van der Waals surface area (Å²) in [4.78, 5) is 130. The van der Waals surface area contributed by atoms with Crippen LogP contribution in [0.5, 0.6) is 0 Å². The molecule has 135 heavy (non-hydrogen) atoms. The molecule has 6 amide bonds. The number of benzene rings is 7. The molecule has 7 aromatic rings. The van der Waals surface area contributed by atoms with Crippen molar-refractivity contribution < 1.29 is 126 Å². The monoisotopic (exact) mass is 1990 g/mol. The summed E-state index contributed by atoms with van der Waals surface area (Å²) in [5, 5.41) is 29.5. The van der Waals surface area contributed by atoms with Gasteiger partial charge in [-0.05, 0) is 202 Å². The van der Waals surface area contributed by atoms with Crippen molar-refractivity contribution >= 4 is 141 Å². The van der Waals surface area contributed by atoms with Crippen LogP contribution in [0.4, 0.5) is 49.1 Å². The van der Waals surface area contributed by atoms with Crippen molar-refractivity contribution in [2.24, 2.45) is 28.6 Å². The van der Waals surface area contributed by atoms with Crippen LogP contribution in [-0.4, -0.2) is 138 Å². The Balaban J connectivity index is 0.000000210. The molecule has 0 aromatic heterocycles. The average molecular weight is 1990 g/mol. The van der Waals surface area contributed by atoms with E-state index in [0.717, 1.165) is 89.4 Å². The van der Waals surface area contributed by atoms with E-state index in [1.165, 1.54) is 74.6 Å². The number of aryl methyl sites for hydroxylation is 1. The van der Waals surface area contributed by atoms with Gasteiger partial charge >= 0.3 is 39.8 Å². The minimum absolute atomic E-state index is 0.0895. The van der Waals surface area contributed by atoms with Gasteiger partial charge in [0.2, 0.25) is 35.4 Å². The number of anilines is 4. The van der Waals surface area contributed by atoms with Gasteiger partial charge in [-0.1, -0.05) is 187 Å². The smallest absolute Gasteiger partial charge is 0.344 e. The fourth-order valence-electron chi connectivity index (χ4n) is 17.0. The number of likely N-dealkylation sites (N-methyl/N-ethyl adjacent to an activating group) is 1. The maximum Gasteiger partial charge on any atom is 0.433 e. The standard InChI is InChI=1S/C33H34F2N2O7P2.C32H40F2N2O7P2.C31H40F2N2O7P2/c1-21(22-14-16-26(17-15-22)33(34,35)46(42,43-41)44-45-3)18-28(38)19-25-13-12-23-8-7-9-24-20-29(37(30(23)24)31(25)39)32(40)36(2)27-10-5-4-6-11-27;1-21(22-12-14-24(15-13-22)32(33,34)45(41,42-40)43-44-5)19-25(37)20-26(31(2,3)4)29(38)35-17-8-11-28(35)30(39)36-18-16-23-9-6-7-10-27(23)36;1-21(22-14-16-23(17-15-22)31(32,33)44(40,41-39)42-43-5)19-25(36)20-26(30(2,3)4)28(37)34-27-13-9-10-18-35(29(27)38)24-11-7-6-8-12-24/h4-11,14-18,25,29,41,45H,12-13,19-20H2,1-3H3;6-7,9-10,12-15,19,26,28,40,44H,8,11,16-18,20H2,1-5H3;6-8,11-12,14-17,19,26-27,39,43H,9-10,13,18,20H2,1-5H3,(H,34,37)/b21-18+;2*21-19+/t25?,29-,46?;26-,28?,45?;26-,27?,44?/m011/s1. The lowest BCUT2D eigenvalue weighted by molar-refractivity contribution is -0.159. The van der Waals surface area contributed by atoms with Crippen LogP contribution in [0.15, 0.2) is 194 Å². The lowest BCUT2D eigenvalue weighted by Gasteiger charge is -2.35. The Labute approximate surface area is 786 Å². The number of likely N-dealkylation sites (tertiary alicyclic amines) is 1. The lowest BCUT2D eigenvalue weighted by atomic mass is 9.76. The molecule has 2 saturated heterocycles. The molecule has 0 aliphatic carbocycles. The number of nitrogens with zero attached hydrogens (tertiary/aromatic N) is 5. The van der Waals surface area contributed by atoms with Crippen molar-refractivity contribution in [2.45, 2.75) is 174 Å². The van der Waals surface area contributed by atoms with Gasteiger partial charge in [0.25, 0.3) is 0 Å². The predicted octanol–water partition coefficient (Wildman–Crippen LogP) is 21.9. The second kappa shape index (κ2) is 46.0. The van der Waals surface area contributed by atoms with Crippen LogP contribution in [0, 0.1) is 28.6 Å². The lowest BCUT2D eigenvalue weighted by Crippen LogP contribution is -2.51. The fraction of sp³-hybridized carbons (Fsp3) is 0.406. The van der Waals surface area contributed by atoms with Crippen LogP contribution < -0.4 is 24.9 Å². The molecular weight excluding hydrogens is 1870 g/mol. The molecule has 7 aromatic carbocycles. The second-order valence-corrected chi connectivity index (χ2v) is 44.1. The maximum atomic E-state index is 14.8. The molecule has 2 fully saturated rings. The van der Waals surface area contributed by atoms with Gasteiger partial charge in [0.1, 0.15) is 18.1 Å². The number of nitrogens with one attached hydrogen (secondary N) is 1. The van der Waals surface area contributed by atoms with E-state index < -0.39 is 130 Å². The Morgan fingerprint density at radius 3 is 1.42 bits per heavy atom. The van der Waals surface area contributed by atoms with Crippen molar-refractivity contribution in [1.29, 1.82) is 0 Å². The topological polar surface area (TPSA) is 349 Å². The molecule has 12 atom stereocenters. The molecule has 5 aliphatic heterocycles. The normalized spacial score (nSPS) is 19.4. The number of fused-ring (bicyclic) bond motifs is 1. The van der Waals surface area contributed by atoms with E-state index in [9.17, 15) is 83.2 Å². The first-order valence-electron chi connectivity index (χ1n) is 43.8. The summed E-state index contributed by atoms with van der Waals surface area (Å²) < 4.78 is 150. The number of rotatable bonds is 34. The van der Waals surface area contributed by atoms with Crippen LogP contribution in [-0.2, 0) is 120 Å². The number of halogens is 6. The third kappa shape index (κ3) is 24.9. The van der Waals surface area contributed by atoms with Crippen LogP contribution in [0.25, 0.3) is 16.7 Å². The van der Waals surface area contributed by atoms with Gasteiger partial charge < -0.3 is 24.9 Å². The van der Waals surface area contributed by atoms with E-state index >= 15 is 0 Å². The summed E-state index contributed by atoms with van der Waals surface area (Å²) in [6, 6.07) is 44.1. The molecule has 0 spiro atoms. The molecule has 0 bridgehead atoms. The highest BCUT2D eigenvalue weighted by atomic mass is 31.2. The molecule has 0 radical (unpaired) electrons. The number of hydrogen-bond acceptors (Lipinski definition) is 21. The molecular formula is C96H114F6N6O21P6. The third-order valence-corrected chi connectivity index (χ3v) is 33.0. The van der Waals surface area contributed by atoms with E-state index in [2.05, 4.69) is 32.3 Å². The second-order valence-electron chi connectivity index (χ2n) is 35.6. The Morgan fingerprint density at radius 2 is 0.948 bits per heavy atom. The first-order valence-corrected chi connectivity index (χ1v) is 52.6. The van der Waals surface area contributed by atoms with Gasteiger partial charge in [-0.15, -0.1) is 14.0 Å². The SMILES string of the molecule is CPOP(=O)(OO)C(F)(F)c1ccc(/C(C)=C/C(=O)CC2CCc3cccc4c3N(C2=O)[C@H](C(=O)N(C)c2ccccc2)C4)cc1.CPOP(=O)(OO)C(F)(F)c1ccc(/C(C)=C/C(=O)C[C@H](C(=O)N2CCCC2C(=O)N2CCc3ccccc32)C(C)(C)C)cc1.CPOP(=O)(OO)C(F)(F)c1ccc(/C(C)=C/C(=O)C[C@H](C(=O)NC2CCCCN(c3ccccc3)C2=O)C(C)(C)C)cc1. The van der Waals surface area contributed by atoms with Gasteiger partial charge in [0.05, 0.1) is 11.6 Å². The van der Waals surface area contributed by atoms with Crippen LogP contribution >= 0.6 is 49.2 Å².